The number of benzene rings is 1. The lowest BCUT2D eigenvalue weighted by Crippen LogP contribution is -2.26. The molecule has 0 fully saturated rings. The summed E-state index contributed by atoms with van der Waals surface area (Å²) >= 11 is 0. The molecule has 8 nitrogen and oxygen atoms in total. The first-order valence-corrected chi connectivity index (χ1v) is 11.0. The summed E-state index contributed by atoms with van der Waals surface area (Å²) in [7, 11) is 0. The van der Waals surface area contributed by atoms with Crippen LogP contribution in [0.15, 0.2) is 36.8 Å². The summed E-state index contributed by atoms with van der Waals surface area (Å²) in [5, 5.41) is 5.53. The van der Waals surface area contributed by atoms with Crippen LogP contribution in [-0.2, 0) is 44.9 Å². The van der Waals surface area contributed by atoms with E-state index in [2.05, 4.69) is 10.6 Å². The second-order valence-corrected chi connectivity index (χ2v) is 6.72. The molecule has 1 aromatic carbocycles. The number of amides is 2. The second-order valence-electron chi connectivity index (χ2n) is 6.72. The number of rotatable bonds is 14. The van der Waals surface area contributed by atoms with Gasteiger partial charge >= 0.3 is 12.2 Å². The van der Waals surface area contributed by atoms with Gasteiger partial charge in [0.25, 0.3) is 0 Å². The number of hydrogen-bond acceptors (Lipinski definition) is 6. The Morgan fingerprint density at radius 3 is 1.91 bits per heavy atom. The average molecular weight is 449 g/mol. The van der Waals surface area contributed by atoms with Crippen molar-refractivity contribution in [1.29, 1.82) is 0 Å². The van der Waals surface area contributed by atoms with Gasteiger partial charge in [0, 0.05) is 25.9 Å². The molecule has 0 aliphatic carbocycles. The summed E-state index contributed by atoms with van der Waals surface area (Å²) in [6, 6.07) is 4.02. The zero-order chi connectivity index (χ0) is 23.6. The fraction of sp³-hybridized carbons (Fsp3) is 0.500. The third kappa shape index (κ3) is 10.7. The van der Waals surface area contributed by atoms with Crippen LogP contribution in [0.5, 0.6) is 0 Å². The zero-order valence-corrected chi connectivity index (χ0v) is 19.6. The van der Waals surface area contributed by atoms with E-state index in [4.69, 9.17) is 18.9 Å². The maximum Gasteiger partial charge on any atom is 0.407 e. The predicted molar refractivity (Wildman–Crippen MR) is 123 cm³/mol. The van der Waals surface area contributed by atoms with Crippen LogP contribution in [0.1, 0.15) is 49.9 Å². The largest absolute Gasteiger partial charge is 0.501 e. The molecule has 0 aliphatic rings. The fourth-order valence-electron chi connectivity index (χ4n) is 3.04. The molecule has 178 valence electrons. The van der Waals surface area contributed by atoms with Crippen LogP contribution in [0.25, 0.3) is 0 Å². The summed E-state index contributed by atoms with van der Waals surface area (Å²) in [6.45, 7) is 9.52. The molecular formula is C24H36N2O6. The van der Waals surface area contributed by atoms with Crippen molar-refractivity contribution in [2.24, 2.45) is 0 Å². The molecule has 2 N–H and O–H groups in total. The lowest BCUT2D eigenvalue weighted by Gasteiger charge is -2.18. The Kier molecular flexibility index (Phi) is 13.9. The van der Waals surface area contributed by atoms with Crippen molar-refractivity contribution in [3.8, 4) is 0 Å². The topological polar surface area (TPSA) is 95.1 Å². The van der Waals surface area contributed by atoms with Gasteiger partial charge in [-0.2, -0.15) is 0 Å². The van der Waals surface area contributed by atoms with Gasteiger partial charge in [0.15, 0.2) is 0 Å². The highest BCUT2D eigenvalue weighted by Crippen LogP contribution is 2.21. The lowest BCUT2D eigenvalue weighted by molar-refractivity contribution is 0.151. The molecule has 32 heavy (non-hydrogen) atoms. The van der Waals surface area contributed by atoms with E-state index < -0.39 is 12.2 Å². The van der Waals surface area contributed by atoms with Gasteiger partial charge in [-0.1, -0.05) is 24.3 Å². The standard InChI is InChI=1S/C24H36N2O6/c1-5-11-29-13-9-20-15-19(17-25-23(27)31-7-3)16-21(18-26-24(28)32-8-4)22(20)10-14-30-12-6-2/h5-6,11-12,15-16H,7-10,13-14,17-18H2,1-4H3,(H,25,27)(H,26,28)/b11-5+,12-6+. The van der Waals surface area contributed by atoms with Gasteiger partial charge in [-0.25, -0.2) is 9.59 Å². The quantitative estimate of drug-likeness (QED) is 0.324. The number of carbonyl (C=O) groups is 2. The van der Waals surface area contributed by atoms with Crippen molar-refractivity contribution < 1.29 is 28.5 Å². The van der Waals surface area contributed by atoms with Crippen LogP contribution in [0.3, 0.4) is 0 Å². The van der Waals surface area contributed by atoms with Gasteiger partial charge in [-0.05, 0) is 49.9 Å². The molecule has 1 rings (SSSR count). The monoisotopic (exact) mass is 448 g/mol. The molecule has 0 saturated carbocycles. The first-order valence-electron chi connectivity index (χ1n) is 11.0. The minimum absolute atomic E-state index is 0.299. The van der Waals surface area contributed by atoms with Gasteiger partial charge in [0.05, 0.1) is 39.0 Å². The van der Waals surface area contributed by atoms with Gasteiger partial charge in [-0.3, -0.25) is 0 Å². The number of nitrogens with one attached hydrogen (secondary N) is 2. The molecule has 0 bridgehead atoms. The molecule has 0 aromatic heterocycles. The Bertz CT molecular complexity index is 761. The van der Waals surface area contributed by atoms with Crippen molar-refractivity contribution in [3.05, 3.63) is 59.1 Å². The van der Waals surface area contributed by atoms with Crippen molar-refractivity contribution in [1.82, 2.24) is 10.6 Å². The maximum absolute atomic E-state index is 11.9. The third-order valence-corrected chi connectivity index (χ3v) is 4.33. The predicted octanol–water partition coefficient (Wildman–Crippen LogP) is 4.36. The van der Waals surface area contributed by atoms with Crippen molar-refractivity contribution in [2.45, 2.75) is 53.6 Å². The Morgan fingerprint density at radius 1 is 0.812 bits per heavy atom. The van der Waals surface area contributed by atoms with Gasteiger partial charge in [0.1, 0.15) is 0 Å². The maximum atomic E-state index is 11.9. The van der Waals surface area contributed by atoms with Crippen LogP contribution >= 0.6 is 0 Å². The average Bonchev–Trinajstić information content (AvgIpc) is 2.78. The molecule has 0 radical (unpaired) electrons. The Balaban J connectivity index is 3.16. The van der Waals surface area contributed by atoms with Crippen LogP contribution in [-0.4, -0.2) is 38.6 Å². The molecule has 8 heteroatoms. The summed E-state index contributed by atoms with van der Waals surface area (Å²) in [5.41, 5.74) is 3.99. The molecule has 0 unspecified atom stereocenters. The highest BCUT2D eigenvalue weighted by atomic mass is 16.6. The van der Waals surface area contributed by atoms with E-state index in [9.17, 15) is 9.59 Å². The van der Waals surface area contributed by atoms with Crippen LogP contribution in [0.2, 0.25) is 0 Å². The molecular weight excluding hydrogens is 412 g/mol. The second kappa shape index (κ2) is 16.5. The summed E-state index contributed by atoms with van der Waals surface area (Å²) in [4.78, 5) is 23.6. The molecule has 0 spiro atoms. The first kappa shape index (κ1) is 26.9. The third-order valence-electron chi connectivity index (χ3n) is 4.33. The van der Waals surface area contributed by atoms with E-state index in [-0.39, 0.29) is 0 Å². The lowest BCUT2D eigenvalue weighted by atomic mass is 9.93. The molecule has 0 atom stereocenters. The van der Waals surface area contributed by atoms with E-state index in [0.29, 0.717) is 52.4 Å². The molecule has 0 aliphatic heterocycles. The van der Waals surface area contributed by atoms with Gasteiger partial charge < -0.3 is 29.6 Å². The van der Waals surface area contributed by atoms with E-state index in [1.165, 1.54) is 0 Å². The van der Waals surface area contributed by atoms with Crippen LogP contribution in [0, 0.1) is 0 Å². The molecule has 0 saturated heterocycles. The number of ether oxygens (including phenoxy) is 4. The number of alkyl carbamates (subject to hydrolysis) is 2. The number of hydrogen-bond donors (Lipinski definition) is 2. The summed E-state index contributed by atoms with van der Waals surface area (Å²) < 4.78 is 21.0. The normalized spacial score (nSPS) is 10.9. The van der Waals surface area contributed by atoms with Crippen molar-refractivity contribution in [3.63, 3.8) is 0 Å². The Labute approximate surface area is 190 Å². The van der Waals surface area contributed by atoms with E-state index in [1.807, 2.05) is 38.1 Å². The van der Waals surface area contributed by atoms with Crippen molar-refractivity contribution >= 4 is 12.2 Å². The minimum Gasteiger partial charge on any atom is -0.501 e. The van der Waals surface area contributed by atoms with Gasteiger partial charge in [0.2, 0.25) is 0 Å². The molecule has 1 aromatic rings. The van der Waals surface area contributed by atoms with E-state index >= 15 is 0 Å². The highest BCUT2D eigenvalue weighted by Gasteiger charge is 2.14. The van der Waals surface area contributed by atoms with Crippen LogP contribution in [0.4, 0.5) is 9.59 Å². The van der Waals surface area contributed by atoms with Gasteiger partial charge in [-0.15, -0.1) is 0 Å². The smallest absolute Gasteiger partial charge is 0.407 e. The summed E-state index contributed by atoms with van der Waals surface area (Å²) in [5.74, 6) is 0. The van der Waals surface area contributed by atoms with E-state index in [1.54, 1.807) is 26.4 Å². The highest BCUT2D eigenvalue weighted by molar-refractivity contribution is 5.67. The minimum atomic E-state index is -0.475. The van der Waals surface area contributed by atoms with Crippen LogP contribution < -0.4 is 10.6 Å². The van der Waals surface area contributed by atoms with E-state index in [0.717, 1.165) is 22.3 Å². The SMILES string of the molecule is C/C=C/OCCc1cc(CNC(=O)OCC)cc(CNC(=O)OCC)c1CCO/C=C/C. The molecule has 2 amide bonds. The Morgan fingerprint density at radius 2 is 1.34 bits per heavy atom. The fourth-order valence-corrected chi connectivity index (χ4v) is 3.04. The first-order chi connectivity index (χ1) is 15.5. The molecule has 0 heterocycles. The Hall–Kier alpha value is -3.16. The number of carbonyl (C=O) groups excluding carboxylic acids is 2. The van der Waals surface area contributed by atoms with Crippen molar-refractivity contribution in [2.75, 3.05) is 26.4 Å². The number of allylic oxidation sites excluding steroid dienone is 2. The summed E-state index contributed by atoms with van der Waals surface area (Å²) in [6.07, 6.45) is 7.36. The zero-order valence-electron chi connectivity index (χ0n) is 19.6.